The second kappa shape index (κ2) is 6.49. The summed E-state index contributed by atoms with van der Waals surface area (Å²) in [5.41, 5.74) is 0. The van der Waals surface area contributed by atoms with Gasteiger partial charge in [0.2, 0.25) is 19.7 Å². The van der Waals surface area contributed by atoms with Crippen LogP contribution in [0.25, 0.3) is 0 Å². The lowest BCUT2D eigenvalue weighted by atomic mass is 10.2. The lowest BCUT2D eigenvalue weighted by Crippen LogP contribution is -2.47. The molecule has 0 saturated carbocycles. The van der Waals surface area contributed by atoms with Crippen molar-refractivity contribution in [2.24, 2.45) is 5.92 Å². The number of allylic oxidation sites excluding steroid dienone is 1. The fourth-order valence-electron chi connectivity index (χ4n) is 2.30. The molecule has 1 atom stereocenters. The van der Waals surface area contributed by atoms with E-state index in [0.717, 1.165) is 6.08 Å². The Morgan fingerprint density at radius 3 is 1.50 bits per heavy atom. The van der Waals surface area contributed by atoms with Crippen molar-refractivity contribution in [2.45, 2.75) is 21.0 Å². The summed E-state index contributed by atoms with van der Waals surface area (Å²) in [6.45, 7) is 4.55. The lowest BCUT2D eigenvalue weighted by Gasteiger charge is -2.29. The Kier molecular flexibility index (Phi) is 4.96. The van der Waals surface area contributed by atoms with Crippen molar-refractivity contribution in [3.8, 4) is 0 Å². The number of halogens is 1. The molecule has 0 radical (unpaired) electrons. The van der Waals surface area contributed by atoms with E-state index in [1.54, 1.807) is 12.1 Å². The van der Waals surface area contributed by atoms with Gasteiger partial charge in [-0.1, -0.05) is 49.4 Å². The quantitative estimate of drug-likeness (QED) is 0.733. The number of alkyl halides is 1. The second-order valence-electron chi connectivity index (χ2n) is 5.24. The van der Waals surface area contributed by atoms with Gasteiger partial charge in [-0.2, -0.15) is 0 Å². The normalized spacial score (nSPS) is 14.1. The highest BCUT2D eigenvalue weighted by atomic mass is 32.3. The van der Waals surface area contributed by atoms with E-state index >= 15 is 4.39 Å². The zero-order valence-electron chi connectivity index (χ0n) is 13.0. The second-order valence-corrected chi connectivity index (χ2v) is 9.64. The molecule has 0 aliphatic rings. The van der Waals surface area contributed by atoms with E-state index < -0.39 is 39.7 Å². The summed E-state index contributed by atoms with van der Waals surface area (Å²) in [7, 11) is -9.69. The molecule has 0 saturated heterocycles. The standard InChI is InChI=1S/C17H17FO4S2/c1-3-14(2)17(18,23(19,20)15-10-6-4-7-11-15)24(21,22)16-12-8-5-9-13-16/h3-14H,1H2,2H3/t14-/m1/s1. The summed E-state index contributed by atoms with van der Waals surface area (Å²) in [6.07, 6.45) is 0.987. The van der Waals surface area contributed by atoms with Crippen molar-refractivity contribution >= 4 is 19.7 Å². The zero-order chi connectivity index (χ0) is 18.0. The lowest BCUT2D eigenvalue weighted by molar-refractivity contribution is 0.302. The van der Waals surface area contributed by atoms with Crippen LogP contribution in [0.5, 0.6) is 0 Å². The van der Waals surface area contributed by atoms with E-state index in [-0.39, 0.29) is 0 Å². The van der Waals surface area contributed by atoms with Crippen molar-refractivity contribution in [3.05, 3.63) is 73.3 Å². The van der Waals surface area contributed by atoms with Gasteiger partial charge in [0.05, 0.1) is 9.79 Å². The molecule has 0 N–H and O–H groups in total. The fraction of sp³-hybridized carbons (Fsp3) is 0.176. The Balaban J connectivity index is 2.80. The highest BCUT2D eigenvalue weighted by molar-refractivity contribution is 8.10. The summed E-state index contributed by atoms with van der Waals surface area (Å²) in [5, 5.41) is 0. The summed E-state index contributed by atoms with van der Waals surface area (Å²) < 4.78 is 63.8. The van der Waals surface area contributed by atoms with Gasteiger partial charge in [-0.3, -0.25) is 0 Å². The van der Waals surface area contributed by atoms with Gasteiger partial charge in [0, 0.05) is 5.92 Å². The van der Waals surface area contributed by atoms with Gasteiger partial charge < -0.3 is 0 Å². The molecule has 2 aromatic carbocycles. The molecule has 2 aromatic rings. The topological polar surface area (TPSA) is 68.3 Å². The number of hydrogen-bond acceptors (Lipinski definition) is 4. The van der Waals surface area contributed by atoms with Gasteiger partial charge in [-0.05, 0) is 24.3 Å². The van der Waals surface area contributed by atoms with Gasteiger partial charge in [-0.25, -0.2) is 21.2 Å². The third-order valence-electron chi connectivity index (χ3n) is 3.74. The first kappa shape index (κ1) is 18.4. The van der Waals surface area contributed by atoms with Crippen LogP contribution >= 0.6 is 0 Å². The molecule has 24 heavy (non-hydrogen) atoms. The molecule has 0 amide bonds. The maximum Gasteiger partial charge on any atom is 0.323 e. The molecule has 4 nitrogen and oxygen atoms in total. The molecular weight excluding hydrogens is 351 g/mol. The Morgan fingerprint density at radius 2 is 1.21 bits per heavy atom. The Bertz CT molecular complexity index is 852. The molecule has 2 rings (SSSR count). The minimum absolute atomic E-state index is 0.402. The van der Waals surface area contributed by atoms with Crippen LogP contribution in [0.4, 0.5) is 4.39 Å². The average Bonchev–Trinajstić information content (AvgIpc) is 2.61. The van der Waals surface area contributed by atoms with Crippen LogP contribution in [0.1, 0.15) is 6.92 Å². The molecule has 0 unspecified atom stereocenters. The summed E-state index contributed by atoms with van der Waals surface area (Å²) >= 11 is 0. The molecule has 0 bridgehead atoms. The Labute approximate surface area is 141 Å². The number of sulfone groups is 2. The van der Waals surface area contributed by atoms with Crippen LogP contribution < -0.4 is 0 Å². The van der Waals surface area contributed by atoms with E-state index in [1.165, 1.54) is 55.5 Å². The van der Waals surface area contributed by atoms with Gasteiger partial charge in [0.25, 0.3) is 0 Å². The molecule has 7 heteroatoms. The van der Waals surface area contributed by atoms with Crippen molar-refractivity contribution in [3.63, 3.8) is 0 Å². The summed E-state index contributed by atoms with van der Waals surface area (Å²) in [6, 6.07) is 13.4. The third-order valence-corrected chi connectivity index (χ3v) is 9.05. The number of rotatable bonds is 6. The smallest absolute Gasteiger partial charge is 0.219 e. The zero-order valence-corrected chi connectivity index (χ0v) is 14.6. The van der Waals surface area contributed by atoms with Crippen molar-refractivity contribution < 1.29 is 21.2 Å². The SMILES string of the molecule is C=C[C@@H](C)C(F)(S(=O)(=O)c1ccccc1)S(=O)(=O)c1ccccc1. The maximum atomic E-state index is 15.9. The van der Waals surface area contributed by atoms with E-state index in [2.05, 4.69) is 6.58 Å². The average molecular weight is 368 g/mol. The van der Waals surface area contributed by atoms with Gasteiger partial charge in [0.15, 0.2) is 0 Å². The van der Waals surface area contributed by atoms with Crippen LogP contribution in [0, 0.1) is 5.92 Å². The van der Waals surface area contributed by atoms with Crippen LogP contribution in [0.3, 0.4) is 0 Å². The molecule has 0 aliphatic heterocycles. The number of hydrogen-bond donors (Lipinski definition) is 0. The highest BCUT2D eigenvalue weighted by Crippen LogP contribution is 2.42. The van der Waals surface area contributed by atoms with Crippen LogP contribution in [0.2, 0.25) is 0 Å². The Morgan fingerprint density at radius 1 is 0.875 bits per heavy atom. The van der Waals surface area contributed by atoms with E-state index in [4.69, 9.17) is 0 Å². The predicted molar refractivity (Wildman–Crippen MR) is 90.5 cm³/mol. The van der Waals surface area contributed by atoms with Crippen LogP contribution in [-0.2, 0) is 19.7 Å². The predicted octanol–water partition coefficient (Wildman–Crippen LogP) is 3.38. The third kappa shape index (κ3) is 2.67. The van der Waals surface area contributed by atoms with Crippen molar-refractivity contribution in [1.82, 2.24) is 0 Å². The van der Waals surface area contributed by atoms with Gasteiger partial charge >= 0.3 is 4.33 Å². The van der Waals surface area contributed by atoms with Gasteiger partial charge in [0.1, 0.15) is 0 Å². The molecule has 0 aliphatic carbocycles. The first-order valence-corrected chi connectivity index (χ1v) is 10.1. The van der Waals surface area contributed by atoms with Crippen molar-refractivity contribution in [1.29, 1.82) is 0 Å². The summed E-state index contributed by atoms with van der Waals surface area (Å²) in [4.78, 5) is -0.804. The number of benzene rings is 2. The molecule has 0 heterocycles. The molecule has 128 valence electrons. The maximum absolute atomic E-state index is 15.9. The van der Waals surface area contributed by atoms with E-state index in [0.29, 0.717) is 0 Å². The van der Waals surface area contributed by atoms with Crippen molar-refractivity contribution in [2.75, 3.05) is 0 Å². The van der Waals surface area contributed by atoms with Gasteiger partial charge in [-0.15, -0.1) is 6.58 Å². The van der Waals surface area contributed by atoms with E-state index in [1.807, 2.05) is 0 Å². The minimum Gasteiger partial charge on any atom is -0.219 e. The molecule has 0 aromatic heterocycles. The molecule has 0 spiro atoms. The largest absolute Gasteiger partial charge is 0.323 e. The monoisotopic (exact) mass is 368 g/mol. The van der Waals surface area contributed by atoms with E-state index in [9.17, 15) is 16.8 Å². The molecule has 0 fully saturated rings. The fourth-order valence-corrected chi connectivity index (χ4v) is 6.87. The Hall–Kier alpha value is -1.99. The molecular formula is C17H17FO4S2. The summed E-state index contributed by atoms with van der Waals surface area (Å²) in [5.74, 6) is -1.48. The van der Waals surface area contributed by atoms with Crippen LogP contribution in [-0.4, -0.2) is 21.2 Å². The highest BCUT2D eigenvalue weighted by Gasteiger charge is 2.60. The first-order valence-electron chi connectivity index (χ1n) is 7.10. The van der Waals surface area contributed by atoms with Crippen LogP contribution in [0.15, 0.2) is 83.1 Å². The first-order chi connectivity index (χ1) is 11.2. The minimum atomic E-state index is -4.84.